The molecule has 2 N–H and O–H groups in total. The third-order valence-electron chi connectivity index (χ3n) is 7.17. The standard InChI is InChI=1S/C32H30F6N2O3/c1-21-8-10-23(11-9-21)26-20-30(32(36,37)38,24-12-14-25(15-13-24)43-19-5-17-31(33,34)35)40-29(42)27(26)28(41)39-18-16-22-6-3-2-4-7-22/h2-4,6-15H,5,16-20H2,1H3,(H,39,41)(H,40,42). The van der Waals surface area contributed by atoms with Crippen LogP contribution in [-0.2, 0) is 21.5 Å². The fraction of sp³-hybridized carbons (Fsp3) is 0.312. The summed E-state index contributed by atoms with van der Waals surface area (Å²) in [6.07, 6.45) is -11.0. The van der Waals surface area contributed by atoms with Gasteiger partial charge in [-0.3, -0.25) is 9.59 Å². The summed E-state index contributed by atoms with van der Waals surface area (Å²) in [4.78, 5) is 26.7. The first-order valence-electron chi connectivity index (χ1n) is 13.6. The van der Waals surface area contributed by atoms with E-state index in [1.54, 1.807) is 31.2 Å². The average molecular weight is 605 g/mol. The monoisotopic (exact) mass is 604 g/mol. The van der Waals surface area contributed by atoms with Gasteiger partial charge in [0.2, 0.25) is 0 Å². The predicted molar refractivity (Wildman–Crippen MR) is 149 cm³/mol. The summed E-state index contributed by atoms with van der Waals surface area (Å²) in [5.74, 6) is -1.88. The van der Waals surface area contributed by atoms with E-state index in [1.165, 1.54) is 12.1 Å². The van der Waals surface area contributed by atoms with Crippen molar-refractivity contribution in [1.82, 2.24) is 10.6 Å². The number of hydrogen-bond acceptors (Lipinski definition) is 3. The van der Waals surface area contributed by atoms with Crippen molar-refractivity contribution in [3.05, 3.63) is 107 Å². The van der Waals surface area contributed by atoms with Gasteiger partial charge in [0.1, 0.15) is 11.3 Å². The van der Waals surface area contributed by atoms with Crippen LogP contribution in [0, 0.1) is 6.92 Å². The van der Waals surface area contributed by atoms with E-state index in [0.29, 0.717) is 12.0 Å². The average Bonchev–Trinajstić information content (AvgIpc) is 2.95. The number of ether oxygens (including phenoxy) is 1. The van der Waals surface area contributed by atoms with Gasteiger partial charge in [-0.2, -0.15) is 26.3 Å². The number of benzene rings is 3. The fourth-order valence-corrected chi connectivity index (χ4v) is 4.89. The highest BCUT2D eigenvalue weighted by Gasteiger charge is 2.60. The highest BCUT2D eigenvalue weighted by Crippen LogP contribution is 2.48. The molecule has 43 heavy (non-hydrogen) atoms. The number of carbonyl (C=O) groups excluding carboxylic acids is 2. The lowest BCUT2D eigenvalue weighted by Gasteiger charge is -2.41. The Morgan fingerprint density at radius 1 is 0.930 bits per heavy atom. The molecule has 5 nitrogen and oxygen atoms in total. The molecule has 4 rings (SSSR count). The molecule has 0 spiro atoms. The smallest absolute Gasteiger partial charge is 0.416 e. The van der Waals surface area contributed by atoms with Crippen molar-refractivity contribution in [1.29, 1.82) is 0 Å². The summed E-state index contributed by atoms with van der Waals surface area (Å²) in [5.41, 5.74) is -1.59. The maximum Gasteiger partial charge on any atom is 0.416 e. The molecule has 1 aliphatic heterocycles. The molecule has 0 bridgehead atoms. The van der Waals surface area contributed by atoms with Gasteiger partial charge >= 0.3 is 12.4 Å². The van der Waals surface area contributed by atoms with Crippen LogP contribution in [0.1, 0.15) is 41.5 Å². The minimum absolute atomic E-state index is 0.0641. The van der Waals surface area contributed by atoms with E-state index in [-0.39, 0.29) is 36.5 Å². The molecule has 11 heteroatoms. The molecule has 228 valence electrons. The lowest BCUT2D eigenvalue weighted by Crippen LogP contribution is -2.59. The van der Waals surface area contributed by atoms with Crippen molar-refractivity contribution in [3.8, 4) is 5.75 Å². The van der Waals surface area contributed by atoms with Crippen molar-refractivity contribution in [2.24, 2.45) is 0 Å². The molecule has 0 aromatic heterocycles. The molecule has 1 unspecified atom stereocenters. The van der Waals surface area contributed by atoms with Crippen LogP contribution in [0.25, 0.3) is 5.57 Å². The second kappa shape index (κ2) is 12.9. The molecular formula is C32H30F6N2O3. The second-order valence-electron chi connectivity index (χ2n) is 10.3. The first kappa shape index (κ1) is 31.7. The van der Waals surface area contributed by atoms with E-state index in [1.807, 2.05) is 30.3 Å². The topological polar surface area (TPSA) is 67.4 Å². The first-order chi connectivity index (χ1) is 20.3. The Hall–Kier alpha value is -4.28. The van der Waals surface area contributed by atoms with Crippen LogP contribution in [0.2, 0.25) is 0 Å². The molecule has 3 aromatic carbocycles. The number of nitrogens with one attached hydrogen (secondary N) is 2. The number of halogens is 6. The number of amides is 2. The van der Waals surface area contributed by atoms with Crippen LogP contribution in [-0.4, -0.2) is 37.3 Å². The van der Waals surface area contributed by atoms with Crippen LogP contribution in [0.5, 0.6) is 5.75 Å². The third-order valence-corrected chi connectivity index (χ3v) is 7.17. The number of alkyl halides is 6. The Labute approximate surface area is 244 Å². The number of hydrogen-bond donors (Lipinski definition) is 2. The highest BCUT2D eigenvalue weighted by molar-refractivity contribution is 6.24. The Morgan fingerprint density at radius 3 is 2.19 bits per heavy atom. The summed E-state index contributed by atoms with van der Waals surface area (Å²) in [6, 6.07) is 20.4. The van der Waals surface area contributed by atoms with E-state index in [2.05, 4.69) is 10.6 Å². The number of aryl methyl sites for hydroxylation is 1. The molecule has 0 fully saturated rings. The zero-order valence-corrected chi connectivity index (χ0v) is 23.2. The Morgan fingerprint density at radius 2 is 1.58 bits per heavy atom. The summed E-state index contributed by atoms with van der Waals surface area (Å²) in [7, 11) is 0. The maximum absolute atomic E-state index is 14.9. The highest BCUT2D eigenvalue weighted by atomic mass is 19.4. The van der Waals surface area contributed by atoms with Crippen molar-refractivity contribution in [2.75, 3.05) is 13.2 Å². The van der Waals surface area contributed by atoms with Crippen LogP contribution in [0.15, 0.2) is 84.4 Å². The molecule has 1 aliphatic rings. The van der Waals surface area contributed by atoms with E-state index < -0.39 is 48.1 Å². The number of rotatable bonds is 10. The van der Waals surface area contributed by atoms with Crippen molar-refractivity contribution in [3.63, 3.8) is 0 Å². The molecule has 2 amide bonds. The van der Waals surface area contributed by atoms with Gasteiger partial charge in [-0.15, -0.1) is 0 Å². The zero-order valence-electron chi connectivity index (χ0n) is 23.2. The van der Waals surface area contributed by atoms with Crippen LogP contribution < -0.4 is 15.4 Å². The third kappa shape index (κ3) is 7.77. The van der Waals surface area contributed by atoms with Crippen LogP contribution >= 0.6 is 0 Å². The molecular weight excluding hydrogens is 574 g/mol. The molecule has 0 saturated heterocycles. The minimum Gasteiger partial charge on any atom is -0.494 e. The minimum atomic E-state index is -4.98. The zero-order chi connectivity index (χ0) is 31.3. The van der Waals surface area contributed by atoms with E-state index in [0.717, 1.165) is 23.3 Å². The van der Waals surface area contributed by atoms with E-state index in [9.17, 15) is 35.9 Å². The molecule has 3 aromatic rings. The van der Waals surface area contributed by atoms with Crippen LogP contribution in [0.4, 0.5) is 26.3 Å². The molecule has 1 heterocycles. The Kier molecular flexibility index (Phi) is 9.52. The molecule has 1 atom stereocenters. The summed E-state index contributed by atoms with van der Waals surface area (Å²) < 4.78 is 87.2. The SMILES string of the molecule is Cc1ccc(C2=C(C(=O)NCCc3ccccc3)C(=O)NC(c3ccc(OCCCC(F)(F)F)cc3)(C(F)(F)F)C2)cc1. The van der Waals surface area contributed by atoms with Crippen LogP contribution in [0.3, 0.4) is 0 Å². The molecule has 0 radical (unpaired) electrons. The van der Waals surface area contributed by atoms with Gasteiger partial charge < -0.3 is 15.4 Å². The van der Waals surface area contributed by atoms with E-state index >= 15 is 0 Å². The van der Waals surface area contributed by atoms with Gasteiger partial charge in [-0.05, 0) is 54.2 Å². The lowest BCUT2D eigenvalue weighted by molar-refractivity contribution is -0.202. The largest absolute Gasteiger partial charge is 0.494 e. The molecule has 0 aliphatic carbocycles. The van der Waals surface area contributed by atoms with Gasteiger partial charge in [0.05, 0.1) is 6.61 Å². The summed E-state index contributed by atoms with van der Waals surface area (Å²) >= 11 is 0. The Bertz CT molecular complexity index is 1450. The van der Waals surface area contributed by atoms with Crippen molar-refractivity contribution in [2.45, 2.75) is 50.5 Å². The van der Waals surface area contributed by atoms with Gasteiger partial charge in [-0.1, -0.05) is 72.3 Å². The predicted octanol–water partition coefficient (Wildman–Crippen LogP) is 6.81. The Balaban J connectivity index is 1.64. The normalized spacial score (nSPS) is 17.4. The van der Waals surface area contributed by atoms with Gasteiger partial charge in [-0.25, -0.2) is 0 Å². The van der Waals surface area contributed by atoms with Gasteiger partial charge in [0, 0.05) is 19.4 Å². The summed E-state index contributed by atoms with van der Waals surface area (Å²) in [5, 5.41) is 4.74. The van der Waals surface area contributed by atoms with Crippen molar-refractivity contribution < 1.29 is 40.7 Å². The fourth-order valence-electron chi connectivity index (χ4n) is 4.89. The number of carbonyl (C=O) groups is 2. The lowest BCUT2D eigenvalue weighted by atomic mass is 9.76. The van der Waals surface area contributed by atoms with E-state index in [4.69, 9.17) is 4.74 Å². The summed E-state index contributed by atoms with van der Waals surface area (Å²) in [6.45, 7) is 1.69. The molecule has 0 saturated carbocycles. The van der Waals surface area contributed by atoms with Crippen molar-refractivity contribution >= 4 is 17.4 Å². The van der Waals surface area contributed by atoms with Gasteiger partial charge in [0.25, 0.3) is 11.8 Å². The van der Waals surface area contributed by atoms with Gasteiger partial charge in [0.15, 0.2) is 5.54 Å². The quantitative estimate of drug-likeness (QED) is 0.152. The maximum atomic E-state index is 14.9. The second-order valence-corrected chi connectivity index (χ2v) is 10.3. The first-order valence-corrected chi connectivity index (χ1v) is 13.6.